The van der Waals surface area contributed by atoms with Crippen molar-refractivity contribution >= 4 is 23.7 Å². The van der Waals surface area contributed by atoms with E-state index in [1.165, 1.54) is 18.2 Å². The summed E-state index contributed by atoms with van der Waals surface area (Å²) in [5.74, 6) is -2.44. The van der Waals surface area contributed by atoms with Crippen LogP contribution in [0.15, 0.2) is 24.3 Å². The van der Waals surface area contributed by atoms with E-state index in [4.69, 9.17) is 4.74 Å². The van der Waals surface area contributed by atoms with Gasteiger partial charge in [-0.25, -0.2) is 9.18 Å². The zero-order valence-electron chi connectivity index (χ0n) is 13.4. The van der Waals surface area contributed by atoms with Gasteiger partial charge in [0.2, 0.25) is 0 Å². The standard InChI is InChI=1S/C17H17FN2O5/c18-12-5-3-4-11(8-12)13(21)10-25-14(22)9-20-15(23)17(19-16(20)24)6-1-2-7-17/h3-5,8H,1-2,6-7,9-10H2,(H,19,24). The molecule has 0 unspecified atom stereocenters. The number of carbonyl (C=O) groups excluding carboxylic acids is 4. The number of imide groups is 1. The van der Waals surface area contributed by atoms with Crippen LogP contribution in [0.25, 0.3) is 0 Å². The number of nitrogens with one attached hydrogen (secondary N) is 1. The Kier molecular flexibility index (Phi) is 4.52. The minimum absolute atomic E-state index is 0.0766. The molecule has 25 heavy (non-hydrogen) atoms. The topological polar surface area (TPSA) is 92.8 Å². The van der Waals surface area contributed by atoms with E-state index in [0.717, 1.165) is 23.8 Å². The number of halogens is 1. The molecule has 1 saturated heterocycles. The molecule has 1 aromatic rings. The first kappa shape index (κ1) is 17.1. The van der Waals surface area contributed by atoms with E-state index in [1.807, 2.05) is 0 Å². The summed E-state index contributed by atoms with van der Waals surface area (Å²) >= 11 is 0. The van der Waals surface area contributed by atoms with E-state index in [-0.39, 0.29) is 5.56 Å². The molecule has 0 bridgehead atoms. The second kappa shape index (κ2) is 6.62. The molecular weight excluding hydrogens is 331 g/mol. The van der Waals surface area contributed by atoms with Crippen LogP contribution in [-0.2, 0) is 14.3 Å². The Morgan fingerprint density at radius 1 is 1.24 bits per heavy atom. The van der Waals surface area contributed by atoms with Crippen molar-refractivity contribution in [2.75, 3.05) is 13.2 Å². The number of Topliss-reactive ketones (excluding diaryl/α,β-unsaturated/α-hetero) is 1. The third-order valence-electron chi connectivity index (χ3n) is 4.50. The summed E-state index contributed by atoms with van der Waals surface area (Å²) in [6, 6.07) is 4.39. The van der Waals surface area contributed by atoms with Crippen LogP contribution < -0.4 is 5.32 Å². The number of ketones is 1. The van der Waals surface area contributed by atoms with Crippen molar-refractivity contribution in [1.82, 2.24) is 10.2 Å². The molecule has 1 saturated carbocycles. The molecule has 0 radical (unpaired) electrons. The molecule has 1 N–H and O–H groups in total. The highest BCUT2D eigenvalue weighted by Crippen LogP contribution is 2.34. The van der Waals surface area contributed by atoms with Gasteiger partial charge in [-0.2, -0.15) is 0 Å². The first-order chi connectivity index (χ1) is 11.9. The molecule has 2 aliphatic rings. The molecule has 7 nitrogen and oxygen atoms in total. The van der Waals surface area contributed by atoms with Crippen LogP contribution in [0.2, 0.25) is 0 Å². The van der Waals surface area contributed by atoms with Crippen LogP contribution in [-0.4, -0.2) is 47.3 Å². The number of hydrogen-bond acceptors (Lipinski definition) is 5. The number of urea groups is 1. The van der Waals surface area contributed by atoms with Crippen molar-refractivity contribution in [2.45, 2.75) is 31.2 Å². The Balaban J connectivity index is 1.55. The molecule has 1 aliphatic carbocycles. The van der Waals surface area contributed by atoms with Gasteiger partial charge in [0.05, 0.1) is 0 Å². The number of amides is 3. The van der Waals surface area contributed by atoms with E-state index in [9.17, 15) is 23.6 Å². The molecule has 2 fully saturated rings. The number of esters is 1. The molecule has 8 heteroatoms. The molecular formula is C17H17FN2O5. The second-order valence-corrected chi connectivity index (χ2v) is 6.20. The predicted octanol–water partition coefficient (Wildman–Crippen LogP) is 1.42. The van der Waals surface area contributed by atoms with E-state index in [1.54, 1.807) is 0 Å². The van der Waals surface area contributed by atoms with Crippen molar-refractivity contribution in [1.29, 1.82) is 0 Å². The lowest BCUT2D eigenvalue weighted by Gasteiger charge is -2.19. The maximum Gasteiger partial charge on any atom is 0.326 e. The van der Waals surface area contributed by atoms with Gasteiger partial charge < -0.3 is 10.1 Å². The molecule has 0 atom stereocenters. The van der Waals surface area contributed by atoms with Crippen molar-refractivity contribution in [3.05, 3.63) is 35.6 Å². The van der Waals surface area contributed by atoms with Gasteiger partial charge in [-0.1, -0.05) is 25.0 Å². The molecule has 0 aromatic heterocycles. The minimum atomic E-state index is -0.894. The van der Waals surface area contributed by atoms with Crippen LogP contribution in [0, 0.1) is 5.82 Å². The number of rotatable bonds is 5. The average molecular weight is 348 g/mol. The summed E-state index contributed by atoms with van der Waals surface area (Å²) in [7, 11) is 0. The molecule has 3 rings (SSSR count). The van der Waals surface area contributed by atoms with Gasteiger partial charge in [-0.05, 0) is 25.0 Å². The highest BCUT2D eigenvalue weighted by Gasteiger charge is 2.52. The summed E-state index contributed by atoms with van der Waals surface area (Å²) in [5, 5.41) is 2.65. The normalized spacial score (nSPS) is 18.5. The van der Waals surface area contributed by atoms with Gasteiger partial charge in [0.1, 0.15) is 17.9 Å². The van der Waals surface area contributed by atoms with Crippen LogP contribution in [0.1, 0.15) is 36.0 Å². The van der Waals surface area contributed by atoms with E-state index < -0.39 is 48.2 Å². The monoisotopic (exact) mass is 348 g/mol. The summed E-state index contributed by atoms with van der Waals surface area (Å²) in [5.41, 5.74) is -0.818. The third kappa shape index (κ3) is 3.38. The zero-order chi connectivity index (χ0) is 18.0. The maximum atomic E-state index is 13.1. The second-order valence-electron chi connectivity index (χ2n) is 6.20. The van der Waals surface area contributed by atoms with Crippen molar-refractivity contribution in [3.63, 3.8) is 0 Å². The van der Waals surface area contributed by atoms with Gasteiger partial charge in [0.15, 0.2) is 12.4 Å². The summed E-state index contributed by atoms with van der Waals surface area (Å²) in [6.45, 7) is -1.14. The highest BCUT2D eigenvalue weighted by molar-refractivity contribution is 6.09. The lowest BCUT2D eigenvalue weighted by atomic mass is 9.98. The Labute approximate surface area is 143 Å². The van der Waals surface area contributed by atoms with Crippen LogP contribution >= 0.6 is 0 Å². The first-order valence-electron chi connectivity index (χ1n) is 8.00. The number of ether oxygens (including phenoxy) is 1. The average Bonchev–Trinajstić information content (AvgIpc) is 3.14. The van der Waals surface area contributed by atoms with E-state index >= 15 is 0 Å². The number of nitrogens with zero attached hydrogens (tertiary/aromatic N) is 1. The van der Waals surface area contributed by atoms with Gasteiger partial charge in [0.25, 0.3) is 5.91 Å². The van der Waals surface area contributed by atoms with Crippen molar-refractivity contribution in [3.8, 4) is 0 Å². The van der Waals surface area contributed by atoms with Crippen LogP contribution in [0.3, 0.4) is 0 Å². The molecule has 3 amide bonds. The van der Waals surface area contributed by atoms with Gasteiger partial charge in [0, 0.05) is 5.56 Å². The lowest BCUT2D eigenvalue weighted by molar-refractivity contribution is -0.146. The van der Waals surface area contributed by atoms with Gasteiger partial charge >= 0.3 is 12.0 Å². The zero-order valence-corrected chi connectivity index (χ0v) is 13.4. The smallest absolute Gasteiger partial charge is 0.326 e. The number of hydrogen-bond donors (Lipinski definition) is 1. The molecule has 1 spiro atoms. The summed E-state index contributed by atoms with van der Waals surface area (Å²) in [6.07, 6.45) is 2.79. The maximum absolute atomic E-state index is 13.1. The Hall–Kier alpha value is -2.77. The fourth-order valence-electron chi connectivity index (χ4n) is 3.20. The number of carbonyl (C=O) groups is 4. The molecule has 1 aliphatic heterocycles. The summed E-state index contributed by atoms with van der Waals surface area (Å²) in [4.78, 5) is 48.9. The predicted molar refractivity (Wildman–Crippen MR) is 83.1 cm³/mol. The van der Waals surface area contributed by atoms with Crippen molar-refractivity contribution in [2.24, 2.45) is 0 Å². The molecule has 1 aromatic carbocycles. The Morgan fingerprint density at radius 3 is 2.64 bits per heavy atom. The first-order valence-corrected chi connectivity index (χ1v) is 8.00. The third-order valence-corrected chi connectivity index (χ3v) is 4.50. The van der Waals surface area contributed by atoms with Gasteiger partial charge in [-0.3, -0.25) is 19.3 Å². The van der Waals surface area contributed by atoms with Gasteiger partial charge in [-0.15, -0.1) is 0 Å². The fourth-order valence-corrected chi connectivity index (χ4v) is 3.20. The summed E-state index contributed by atoms with van der Waals surface area (Å²) < 4.78 is 17.9. The number of benzene rings is 1. The molecule has 132 valence electrons. The van der Waals surface area contributed by atoms with Crippen molar-refractivity contribution < 1.29 is 28.3 Å². The molecule has 1 heterocycles. The Bertz CT molecular complexity index is 742. The SMILES string of the molecule is O=C(CN1C(=O)NC2(CCCC2)C1=O)OCC(=O)c1cccc(F)c1. The Morgan fingerprint density at radius 2 is 1.96 bits per heavy atom. The van der Waals surface area contributed by atoms with E-state index in [2.05, 4.69) is 5.32 Å². The highest BCUT2D eigenvalue weighted by atomic mass is 19.1. The largest absolute Gasteiger partial charge is 0.456 e. The van der Waals surface area contributed by atoms with Crippen LogP contribution in [0.5, 0.6) is 0 Å². The lowest BCUT2D eigenvalue weighted by Crippen LogP contribution is -2.44. The van der Waals surface area contributed by atoms with E-state index in [0.29, 0.717) is 12.8 Å². The quantitative estimate of drug-likeness (QED) is 0.493. The fraction of sp³-hybridized carbons (Fsp3) is 0.412. The van der Waals surface area contributed by atoms with Crippen LogP contribution in [0.4, 0.5) is 9.18 Å². The minimum Gasteiger partial charge on any atom is -0.456 e.